The number of ether oxygens (including phenoxy) is 2. The first-order valence-corrected chi connectivity index (χ1v) is 10.1. The SMILES string of the molecule is CCNc1ccnc(NC[C@H]2CCCO2)n1.CCOC(=O)NCc1ccccc1.[HH].[HH].[HH]. The number of carbonyl (C=O) groups is 1. The maximum atomic E-state index is 10.9. The lowest BCUT2D eigenvalue weighted by atomic mass is 10.2. The second-order valence-corrected chi connectivity index (χ2v) is 6.37. The van der Waals surface area contributed by atoms with Crippen molar-refractivity contribution in [2.75, 3.05) is 36.9 Å². The summed E-state index contributed by atoms with van der Waals surface area (Å²) in [6, 6.07) is 11.6. The molecule has 1 saturated heterocycles. The van der Waals surface area contributed by atoms with Crippen molar-refractivity contribution < 1.29 is 18.5 Å². The molecule has 8 nitrogen and oxygen atoms in total. The number of hydrogen-bond donors (Lipinski definition) is 3. The quantitative estimate of drug-likeness (QED) is 0.604. The molecule has 1 aromatic heterocycles. The van der Waals surface area contributed by atoms with Crippen LogP contribution >= 0.6 is 0 Å². The lowest BCUT2D eigenvalue weighted by molar-refractivity contribution is 0.120. The minimum Gasteiger partial charge on any atom is -0.450 e. The van der Waals surface area contributed by atoms with Crippen LogP contribution in [0.25, 0.3) is 0 Å². The third-order valence-electron chi connectivity index (χ3n) is 4.08. The van der Waals surface area contributed by atoms with Crippen molar-refractivity contribution >= 4 is 17.9 Å². The van der Waals surface area contributed by atoms with Crippen LogP contribution in [0.5, 0.6) is 0 Å². The van der Waals surface area contributed by atoms with Crippen LogP contribution in [0.4, 0.5) is 16.6 Å². The van der Waals surface area contributed by atoms with Crippen molar-refractivity contribution in [3.05, 3.63) is 48.2 Å². The molecular formula is C21H37N5O3. The van der Waals surface area contributed by atoms with Crippen molar-refractivity contribution in [1.82, 2.24) is 15.3 Å². The van der Waals surface area contributed by atoms with Crippen LogP contribution in [0.1, 0.15) is 36.5 Å². The number of anilines is 2. The average Bonchev–Trinajstić information content (AvgIpc) is 3.27. The molecule has 3 rings (SSSR count). The van der Waals surface area contributed by atoms with E-state index in [1.165, 1.54) is 0 Å². The van der Waals surface area contributed by atoms with Gasteiger partial charge in [-0.3, -0.25) is 0 Å². The molecule has 0 radical (unpaired) electrons. The summed E-state index contributed by atoms with van der Waals surface area (Å²) in [4.78, 5) is 19.4. The summed E-state index contributed by atoms with van der Waals surface area (Å²) in [5.74, 6) is 1.52. The van der Waals surface area contributed by atoms with Gasteiger partial charge in [-0.15, -0.1) is 0 Å². The van der Waals surface area contributed by atoms with E-state index in [0.29, 0.717) is 25.2 Å². The monoisotopic (exact) mass is 407 g/mol. The zero-order valence-electron chi connectivity index (χ0n) is 17.2. The number of rotatable bonds is 8. The molecule has 3 N–H and O–H groups in total. The molecule has 0 unspecified atom stereocenters. The van der Waals surface area contributed by atoms with Gasteiger partial charge < -0.3 is 25.4 Å². The highest BCUT2D eigenvalue weighted by atomic mass is 16.5. The van der Waals surface area contributed by atoms with Gasteiger partial charge in [-0.2, -0.15) is 4.98 Å². The highest BCUT2D eigenvalue weighted by Crippen LogP contribution is 2.12. The molecule has 1 aromatic carbocycles. The van der Waals surface area contributed by atoms with E-state index < -0.39 is 0 Å². The van der Waals surface area contributed by atoms with Gasteiger partial charge in [0.05, 0.1) is 12.7 Å². The van der Waals surface area contributed by atoms with E-state index in [-0.39, 0.29) is 10.4 Å². The molecule has 29 heavy (non-hydrogen) atoms. The van der Waals surface area contributed by atoms with Crippen LogP contribution in [0.3, 0.4) is 0 Å². The summed E-state index contributed by atoms with van der Waals surface area (Å²) in [6.07, 6.45) is 3.98. The van der Waals surface area contributed by atoms with Crippen LogP contribution in [-0.4, -0.2) is 48.5 Å². The molecule has 2 heterocycles. The summed E-state index contributed by atoms with van der Waals surface area (Å²) in [6.45, 7) is 7.27. The van der Waals surface area contributed by atoms with Crippen LogP contribution in [0, 0.1) is 0 Å². The molecule has 1 fully saturated rings. The molecule has 0 saturated carbocycles. The Kier molecular flexibility index (Phi) is 10.3. The fourth-order valence-corrected chi connectivity index (χ4v) is 2.69. The van der Waals surface area contributed by atoms with Gasteiger partial charge in [0.2, 0.25) is 5.95 Å². The first kappa shape index (κ1) is 22.4. The van der Waals surface area contributed by atoms with E-state index >= 15 is 0 Å². The zero-order valence-corrected chi connectivity index (χ0v) is 17.2. The predicted molar refractivity (Wildman–Crippen MR) is 120 cm³/mol. The number of benzene rings is 1. The fourth-order valence-electron chi connectivity index (χ4n) is 2.69. The van der Waals surface area contributed by atoms with E-state index in [2.05, 4.69) is 25.9 Å². The second kappa shape index (κ2) is 13.3. The minimum atomic E-state index is -0.369. The summed E-state index contributed by atoms with van der Waals surface area (Å²) in [7, 11) is 0. The van der Waals surface area contributed by atoms with E-state index in [1.807, 2.05) is 43.3 Å². The first-order valence-electron chi connectivity index (χ1n) is 10.1. The smallest absolute Gasteiger partial charge is 0.407 e. The molecule has 0 aliphatic carbocycles. The molecule has 1 aliphatic heterocycles. The van der Waals surface area contributed by atoms with Gasteiger partial charge in [0, 0.05) is 36.7 Å². The maximum Gasteiger partial charge on any atom is 0.407 e. The Hall–Kier alpha value is -2.87. The van der Waals surface area contributed by atoms with Crippen molar-refractivity contribution in [3.63, 3.8) is 0 Å². The van der Waals surface area contributed by atoms with Gasteiger partial charge in [-0.05, 0) is 38.3 Å². The molecule has 164 valence electrons. The molecule has 1 aliphatic rings. The zero-order chi connectivity index (χ0) is 20.7. The van der Waals surface area contributed by atoms with Crippen molar-refractivity contribution in [2.24, 2.45) is 0 Å². The summed E-state index contributed by atoms with van der Waals surface area (Å²) in [5.41, 5.74) is 1.07. The van der Waals surface area contributed by atoms with E-state index in [1.54, 1.807) is 13.1 Å². The van der Waals surface area contributed by atoms with Crippen LogP contribution in [0.2, 0.25) is 0 Å². The average molecular weight is 408 g/mol. The number of hydrogen-bond acceptors (Lipinski definition) is 7. The van der Waals surface area contributed by atoms with Gasteiger partial charge in [-0.1, -0.05) is 30.3 Å². The van der Waals surface area contributed by atoms with E-state index in [9.17, 15) is 4.79 Å². The number of amides is 1. The highest BCUT2D eigenvalue weighted by molar-refractivity contribution is 5.67. The van der Waals surface area contributed by atoms with Crippen LogP contribution < -0.4 is 16.0 Å². The summed E-state index contributed by atoms with van der Waals surface area (Å²) in [5, 5.41) is 8.99. The normalized spacial score (nSPS) is 15.0. The number of alkyl carbamates (subject to hydrolysis) is 1. The van der Waals surface area contributed by atoms with Crippen molar-refractivity contribution in [2.45, 2.75) is 39.3 Å². The maximum absolute atomic E-state index is 10.9. The Labute approximate surface area is 176 Å². The van der Waals surface area contributed by atoms with E-state index in [0.717, 1.165) is 43.9 Å². The third kappa shape index (κ3) is 9.25. The van der Waals surface area contributed by atoms with Crippen molar-refractivity contribution in [3.8, 4) is 0 Å². The van der Waals surface area contributed by atoms with Gasteiger partial charge in [-0.25, -0.2) is 9.78 Å². The Morgan fingerprint density at radius 3 is 2.76 bits per heavy atom. The number of nitrogens with one attached hydrogen (secondary N) is 3. The largest absolute Gasteiger partial charge is 0.450 e. The summed E-state index contributed by atoms with van der Waals surface area (Å²) < 4.78 is 10.2. The molecule has 8 heteroatoms. The molecule has 1 amide bonds. The topological polar surface area (TPSA) is 97.4 Å². The molecule has 0 spiro atoms. The number of carbonyl (C=O) groups excluding carboxylic acids is 1. The lowest BCUT2D eigenvalue weighted by Gasteiger charge is -2.11. The Morgan fingerprint density at radius 2 is 2.07 bits per heavy atom. The standard InChI is InChI=1S/C11H18N4O.C10H13NO2.3H2/c1-2-12-10-5-6-13-11(15-10)14-8-9-4-3-7-16-9;1-2-13-10(12)11-8-9-6-4-3-5-7-9;;;/h5-6,9H,2-4,7-8H2,1H3,(H2,12,13,14,15);3-7H,2,8H2,1H3,(H,11,12);3*1H/t9-;;;;/m1..../s1. The first-order chi connectivity index (χ1) is 14.2. The van der Waals surface area contributed by atoms with E-state index in [4.69, 9.17) is 9.47 Å². The van der Waals surface area contributed by atoms with Crippen molar-refractivity contribution in [1.29, 1.82) is 0 Å². The highest BCUT2D eigenvalue weighted by Gasteiger charge is 2.15. The summed E-state index contributed by atoms with van der Waals surface area (Å²) >= 11 is 0. The third-order valence-corrected chi connectivity index (χ3v) is 4.08. The molecule has 1 atom stereocenters. The predicted octanol–water partition coefficient (Wildman–Crippen LogP) is 4.17. The Bertz CT molecular complexity index is 723. The van der Waals surface area contributed by atoms with Gasteiger partial charge >= 0.3 is 6.09 Å². The second-order valence-electron chi connectivity index (χ2n) is 6.37. The fraction of sp³-hybridized carbons (Fsp3) is 0.476. The van der Waals surface area contributed by atoms with Gasteiger partial charge in [0.15, 0.2) is 0 Å². The van der Waals surface area contributed by atoms with Crippen LogP contribution in [0.15, 0.2) is 42.6 Å². The Morgan fingerprint density at radius 1 is 1.24 bits per heavy atom. The number of aromatic nitrogens is 2. The molecule has 2 aromatic rings. The van der Waals surface area contributed by atoms with Gasteiger partial charge in [0.25, 0.3) is 0 Å². The minimum absolute atomic E-state index is 0. The number of nitrogens with zero attached hydrogens (tertiary/aromatic N) is 2. The van der Waals surface area contributed by atoms with Gasteiger partial charge in [0.1, 0.15) is 5.82 Å². The van der Waals surface area contributed by atoms with Crippen LogP contribution in [-0.2, 0) is 16.0 Å². The molecular weight excluding hydrogens is 370 g/mol. The Balaban J connectivity index is 0. The lowest BCUT2D eigenvalue weighted by Crippen LogP contribution is -2.23. The molecule has 0 bridgehead atoms.